The van der Waals surface area contributed by atoms with Crippen molar-refractivity contribution in [3.8, 4) is 0 Å². The minimum Gasteiger partial charge on any atom is -0.313 e. The van der Waals surface area contributed by atoms with E-state index in [-0.39, 0.29) is 0 Å². The zero-order valence-corrected chi connectivity index (χ0v) is 13.2. The van der Waals surface area contributed by atoms with Gasteiger partial charge in [0.25, 0.3) is 0 Å². The lowest BCUT2D eigenvalue weighted by atomic mass is 9.83. The third-order valence-corrected chi connectivity index (χ3v) is 5.20. The first-order chi connectivity index (χ1) is 8.70. The molecular formula is C15H21BrClN. The summed E-state index contributed by atoms with van der Waals surface area (Å²) < 4.78 is 0.991. The van der Waals surface area contributed by atoms with Crippen LogP contribution in [0.5, 0.6) is 0 Å². The molecule has 3 heteroatoms. The molecular weight excluding hydrogens is 310 g/mol. The van der Waals surface area contributed by atoms with Gasteiger partial charge in [-0.3, -0.25) is 0 Å². The first kappa shape index (κ1) is 14.4. The fourth-order valence-electron chi connectivity index (χ4n) is 2.91. The number of benzene rings is 1. The van der Waals surface area contributed by atoms with Gasteiger partial charge in [-0.2, -0.15) is 0 Å². The van der Waals surface area contributed by atoms with E-state index in [9.17, 15) is 0 Å². The number of nitrogens with one attached hydrogen (secondary N) is 1. The average Bonchev–Trinajstić information content (AvgIpc) is 2.40. The van der Waals surface area contributed by atoms with E-state index in [0.717, 1.165) is 15.4 Å². The molecule has 1 aliphatic rings. The van der Waals surface area contributed by atoms with E-state index in [1.54, 1.807) is 0 Å². The molecule has 1 nitrogen and oxygen atoms in total. The summed E-state index contributed by atoms with van der Waals surface area (Å²) in [5.74, 6) is 0.880. The predicted molar refractivity (Wildman–Crippen MR) is 82.1 cm³/mol. The second-order valence-electron chi connectivity index (χ2n) is 5.25. The third-order valence-electron chi connectivity index (χ3n) is 3.99. The highest BCUT2D eigenvalue weighted by molar-refractivity contribution is 9.10. The lowest BCUT2D eigenvalue weighted by molar-refractivity contribution is 0.306. The van der Waals surface area contributed by atoms with Crippen molar-refractivity contribution in [3.63, 3.8) is 0 Å². The van der Waals surface area contributed by atoms with Crippen LogP contribution in [0.25, 0.3) is 0 Å². The van der Waals surface area contributed by atoms with E-state index in [2.05, 4.69) is 40.4 Å². The number of hydrogen-bond donors (Lipinski definition) is 1. The molecule has 1 unspecified atom stereocenters. The monoisotopic (exact) mass is 329 g/mol. The van der Waals surface area contributed by atoms with Crippen LogP contribution in [-0.4, -0.2) is 7.05 Å². The summed E-state index contributed by atoms with van der Waals surface area (Å²) in [7, 11) is 2.05. The number of hydrogen-bond acceptors (Lipinski definition) is 1. The van der Waals surface area contributed by atoms with Gasteiger partial charge in [0.15, 0.2) is 0 Å². The van der Waals surface area contributed by atoms with Crippen LogP contribution in [-0.2, 0) is 0 Å². The van der Waals surface area contributed by atoms with Crippen LogP contribution in [0.4, 0.5) is 0 Å². The Balaban J connectivity index is 2.04. The molecule has 0 bridgehead atoms. The van der Waals surface area contributed by atoms with E-state index in [0.29, 0.717) is 6.04 Å². The van der Waals surface area contributed by atoms with Crippen molar-refractivity contribution in [2.75, 3.05) is 7.05 Å². The third kappa shape index (κ3) is 3.72. The van der Waals surface area contributed by atoms with E-state index >= 15 is 0 Å². The van der Waals surface area contributed by atoms with Crippen molar-refractivity contribution < 1.29 is 0 Å². The van der Waals surface area contributed by atoms with Gasteiger partial charge in [-0.15, -0.1) is 0 Å². The minimum absolute atomic E-state index is 0.446. The van der Waals surface area contributed by atoms with Gasteiger partial charge in [-0.1, -0.05) is 49.8 Å². The minimum atomic E-state index is 0.446. The summed E-state index contributed by atoms with van der Waals surface area (Å²) in [6.45, 7) is 0. The van der Waals surface area contributed by atoms with E-state index in [4.69, 9.17) is 11.6 Å². The molecule has 1 atom stereocenters. The SMILES string of the molecule is CNC(CC1CCCCC1)c1ccc(Cl)c(Br)c1. The largest absolute Gasteiger partial charge is 0.313 e. The van der Waals surface area contributed by atoms with E-state index in [1.807, 2.05) is 6.07 Å². The maximum atomic E-state index is 6.05. The van der Waals surface area contributed by atoms with Crippen molar-refractivity contribution >= 4 is 27.5 Å². The number of halogens is 2. The smallest absolute Gasteiger partial charge is 0.0548 e. The molecule has 0 radical (unpaired) electrons. The van der Waals surface area contributed by atoms with Gasteiger partial charge < -0.3 is 5.32 Å². The summed E-state index contributed by atoms with van der Waals surface area (Å²) in [6, 6.07) is 6.71. The van der Waals surface area contributed by atoms with Gasteiger partial charge in [-0.05, 0) is 53.0 Å². The molecule has 18 heavy (non-hydrogen) atoms. The van der Waals surface area contributed by atoms with E-state index < -0.39 is 0 Å². The highest BCUT2D eigenvalue weighted by atomic mass is 79.9. The fourth-order valence-corrected chi connectivity index (χ4v) is 3.42. The van der Waals surface area contributed by atoms with Gasteiger partial charge in [0.05, 0.1) is 5.02 Å². The number of rotatable bonds is 4. The molecule has 1 fully saturated rings. The molecule has 0 spiro atoms. The second-order valence-corrected chi connectivity index (χ2v) is 6.52. The van der Waals surface area contributed by atoms with Crippen molar-refractivity contribution in [3.05, 3.63) is 33.3 Å². The van der Waals surface area contributed by atoms with Gasteiger partial charge in [0.1, 0.15) is 0 Å². The van der Waals surface area contributed by atoms with Crippen molar-refractivity contribution in [2.45, 2.75) is 44.6 Å². The van der Waals surface area contributed by atoms with Crippen LogP contribution in [0.1, 0.15) is 50.1 Å². The Morgan fingerprint density at radius 3 is 2.67 bits per heavy atom. The Morgan fingerprint density at radius 2 is 2.06 bits per heavy atom. The lowest BCUT2D eigenvalue weighted by Crippen LogP contribution is -2.21. The van der Waals surface area contributed by atoms with Gasteiger partial charge in [0.2, 0.25) is 0 Å². The molecule has 1 aromatic rings. The first-order valence-corrected chi connectivity index (χ1v) is 8.00. The highest BCUT2D eigenvalue weighted by Crippen LogP contribution is 2.33. The second kappa shape index (κ2) is 6.93. The molecule has 0 amide bonds. The normalized spacial score (nSPS) is 18.8. The van der Waals surface area contributed by atoms with Crippen molar-refractivity contribution in [1.29, 1.82) is 0 Å². The topological polar surface area (TPSA) is 12.0 Å². The molecule has 0 aromatic heterocycles. The summed E-state index contributed by atoms with van der Waals surface area (Å²) in [4.78, 5) is 0. The highest BCUT2D eigenvalue weighted by Gasteiger charge is 2.19. The maximum absolute atomic E-state index is 6.05. The standard InChI is InChI=1S/C15H21BrClN/c1-18-15(9-11-5-3-2-4-6-11)12-7-8-14(17)13(16)10-12/h7-8,10-11,15,18H,2-6,9H2,1H3. The molecule has 1 saturated carbocycles. The fraction of sp³-hybridized carbons (Fsp3) is 0.600. The zero-order chi connectivity index (χ0) is 13.0. The molecule has 1 aromatic carbocycles. The Bertz CT molecular complexity index is 388. The predicted octanol–water partition coefficient (Wildman–Crippen LogP) is 5.33. The van der Waals surface area contributed by atoms with Crippen LogP contribution in [0.15, 0.2) is 22.7 Å². The Kier molecular flexibility index (Phi) is 5.53. The Labute approximate surface area is 123 Å². The van der Waals surface area contributed by atoms with Crippen LogP contribution in [0, 0.1) is 5.92 Å². The Hall–Kier alpha value is -0.0500. The molecule has 100 valence electrons. The summed E-state index contributed by atoms with van der Waals surface area (Å²) >= 11 is 9.56. The first-order valence-electron chi connectivity index (χ1n) is 6.83. The van der Waals surface area contributed by atoms with Gasteiger partial charge in [-0.25, -0.2) is 0 Å². The van der Waals surface area contributed by atoms with Gasteiger partial charge >= 0.3 is 0 Å². The van der Waals surface area contributed by atoms with Crippen LogP contribution in [0.2, 0.25) is 5.02 Å². The summed E-state index contributed by atoms with van der Waals surface area (Å²) in [5.41, 5.74) is 1.33. The summed E-state index contributed by atoms with van der Waals surface area (Å²) in [6.07, 6.45) is 8.27. The zero-order valence-electron chi connectivity index (χ0n) is 10.9. The molecule has 0 heterocycles. The lowest BCUT2D eigenvalue weighted by Gasteiger charge is -2.26. The molecule has 1 aliphatic carbocycles. The van der Waals surface area contributed by atoms with Gasteiger partial charge in [0, 0.05) is 10.5 Å². The van der Waals surface area contributed by atoms with E-state index in [1.165, 1.54) is 44.1 Å². The molecule has 0 saturated heterocycles. The van der Waals surface area contributed by atoms with Crippen LogP contribution >= 0.6 is 27.5 Å². The van der Waals surface area contributed by atoms with Crippen molar-refractivity contribution in [1.82, 2.24) is 5.32 Å². The quantitative estimate of drug-likeness (QED) is 0.786. The average molecular weight is 331 g/mol. The molecule has 2 rings (SSSR count). The molecule has 0 aliphatic heterocycles. The van der Waals surface area contributed by atoms with Crippen molar-refractivity contribution in [2.24, 2.45) is 5.92 Å². The van der Waals surface area contributed by atoms with Crippen LogP contribution in [0.3, 0.4) is 0 Å². The maximum Gasteiger partial charge on any atom is 0.0548 e. The molecule has 1 N–H and O–H groups in total. The summed E-state index contributed by atoms with van der Waals surface area (Å²) in [5, 5.41) is 4.23. The van der Waals surface area contributed by atoms with Crippen LogP contribution < -0.4 is 5.32 Å². The Morgan fingerprint density at radius 1 is 1.33 bits per heavy atom.